The van der Waals surface area contributed by atoms with Crippen molar-refractivity contribution in [2.75, 3.05) is 38.1 Å². The Morgan fingerprint density at radius 1 is 1.39 bits per heavy atom. The van der Waals surface area contributed by atoms with E-state index in [1.165, 1.54) is 5.56 Å². The summed E-state index contributed by atoms with van der Waals surface area (Å²) in [6, 6.07) is 6.45. The van der Waals surface area contributed by atoms with Crippen LogP contribution < -0.4 is 10.1 Å². The molecule has 0 saturated carbocycles. The number of amides is 2. The molecule has 1 saturated heterocycles. The normalized spacial score (nSPS) is 20.3. The second-order valence-corrected chi connectivity index (χ2v) is 6.31. The molecule has 1 fully saturated rings. The maximum absolute atomic E-state index is 12.5. The Morgan fingerprint density at radius 3 is 3.00 bits per heavy atom. The van der Waals surface area contributed by atoms with E-state index in [9.17, 15) is 4.79 Å². The van der Waals surface area contributed by atoms with Crippen LogP contribution in [0.25, 0.3) is 0 Å². The number of likely N-dealkylation sites (tertiary alicyclic amines) is 1. The summed E-state index contributed by atoms with van der Waals surface area (Å²) < 4.78 is 5.62. The first kappa shape index (κ1) is 16.1. The topological polar surface area (TPSA) is 44.8 Å². The van der Waals surface area contributed by atoms with Gasteiger partial charge in [0.15, 0.2) is 0 Å². The minimum atomic E-state index is 0.0105. The van der Waals surface area contributed by atoms with Crippen LogP contribution in [0.5, 0.6) is 5.75 Å². The van der Waals surface area contributed by atoms with Gasteiger partial charge in [0.2, 0.25) is 0 Å². The molecule has 0 spiro atoms. The number of carbonyl (C=O) groups is 1. The largest absolute Gasteiger partial charge is 0.493 e. The van der Waals surface area contributed by atoms with E-state index in [-0.39, 0.29) is 6.03 Å². The predicted molar refractivity (Wildman–Crippen MR) is 92.2 cm³/mol. The highest BCUT2D eigenvalue weighted by Crippen LogP contribution is 2.28. The fourth-order valence-electron chi connectivity index (χ4n) is 3.60. The summed E-state index contributed by atoms with van der Waals surface area (Å²) in [6.07, 6.45) is 3.13. The van der Waals surface area contributed by atoms with Crippen molar-refractivity contribution < 1.29 is 9.53 Å². The Morgan fingerprint density at radius 2 is 2.22 bits per heavy atom. The van der Waals surface area contributed by atoms with Gasteiger partial charge >= 0.3 is 6.03 Å². The Balaban J connectivity index is 1.59. The molecule has 0 unspecified atom stereocenters. The van der Waals surface area contributed by atoms with Crippen molar-refractivity contribution in [3.63, 3.8) is 0 Å². The summed E-state index contributed by atoms with van der Waals surface area (Å²) in [7, 11) is 0. The molecule has 3 rings (SSSR count). The maximum atomic E-state index is 12.5. The van der Waals surface area contributed by atoms with Crippen LogP contribution in [0.2, 0.25) is 0 Å². The van der Waals surface area contributed by atoms with Gasteiger partial charge in [-0.2, -0.15) is 0 Å². The van der Waals surface area contributed by atoms with E-state index >= 15 is 0 Å². The highest BCUT2D eigenvalue weighted by atomic mass is 16.5. The van der Waals surface area contributed by atoms with Gasteiger partial charge in [-0.25, -0.2) is 4.79 Å². The Hall–Kier alpha value is -1.75. The van der Waals surface area contributed by atoms with E-state index in [1.54, 1.807) is 0 Å². The van der Waals surface area contributed by atoms with Crippen LogP contribution in [-0.2, 0) is 6.42 Å². The van der Waals surface area contributed by atoms with Crippen molar-refractivity contribution in [3.05, 3.63) is 23.8 Å². The van der Waals surface area contributed by atoms with Gasteiger partial charge in [0.25, 0.3) is 0 Å². The van der Waals surface area contributed by atoms with Crippen molar-refractivity contribution in [1.82, 2.24) is 9.80 Å². The van der Waals surface area contributed by atoms with Crippen LogP contribution in [0.1, 0.15) is 32.3 Å². The van der Waals surface area contributed by atoms with Crippen molar-refractivity contribution in [3.8, 4) is 5.75 Å². The van der Waals surface area contributed by atoms with Gasteiger partial charge < -0.3 is 15.0 Å². The minimum absolute atomic E-state index is 0.0105. The summed E-state index contributed by atoms with van der Waals surface area (Å²) in [5, 5.41) is 3.04. The third-order valence-corrected chi connectivity index (χ3v) is 4.94. The maximum Gasteiger partial charge on any atom is 0.321 e. The second kappa shape index (κ2) is 7.21. The summed E-state index contributed by atoms with van der Waals surface area (Å²) in [5.74, 6) is 0.956. The number of hydrogen-bond acceptors (Lipinski definition) is 3. The highest BCUT2D eigenvalue weighted by Gasteiger charge is 2.29. The zero-order chi connectivity index (χ0) is 16.2. The molecule has 0 aliphatic carbocycles. The number of benzene rings is 1. The highest BCUT2D eigenvalue weighted by molar-refractivity contribution is 5.89. The molecule has 1 aromatic carbocycles. The van der Waals surface area contributed by atoms with E-state index in [4.69, 9.17) is 4.74 Å². The fourth-order valence-corrected chi connectivity index (χ4v) is 3.60. The number of nitrogens with zero attached hydrogens (tertiary/aromatic N) is 2. The molecule has 1 N–H and O–H groups in total. The van der Waals surface area contributed by atoms with Gasteiger partial charge in [0.05, 0.1) is 6.61 Å². The zero-order valence-corrected chi connectivity index (χ0v) is 14.2. The number of rotatable bonds is 4. The van der Waals surface area contributed by atoms with Gasteiger partial charge in [-0.05, 0) is 56.1 Å². The van der Waals surface area contributed by atoms with Gasteiger partial charge in [0.1, 0.15) is 5.75 Å². The number of anilines is 1. The Bertz CT molecular complexity index is 557. The van der Waals surface area contributed by atoms with E-state index in [2.05, 4.69) is 24.1 Å². The van der Waals surface area contributed by atoms with E-state index in [1.807, 2.05) is 23.1 Å². The molecule has 2 aliphatic heterocycles. The van der Waals surface area contributed by atoms with Crippen molar-refractivity contribution >= 4 is 11.7 Å². The quantitative estimate of drug-likeness (QED) is 0.928. The van der Waals surface area contributed by atoms with Crippen molar-refractivity contribution in [2.24, 2.45) is 0 Å². The molecule has 1 atom stereocenters. The predicted octanol–water partition coefficient (Wildman–Crippen LogP) is 2.96. The molecule has 126 valence electrons. The number of aryl methyl sites for hydroxylation is 1. The fraction of sp³-hybridized carbons (Fsp3) is 0.611. The molecule has 0 radical (unpaired) electrons. The number of urea groups is 1. The molecule has 0 bridgehead atoms. The number of fused-ring (bicyclic) bond motifs is 1. The molecule has 23 heavy (non-hydrogen) atoms. The second-order valence-electron chi connectivity index (χ2n) is 6.31. The number of ether oxygens (including phenoxy) is 1. The number of likely N-dealkylation sites (N-methyl/N-ethyl adjacent to an activating group) is 1. The lowest BCUT2D eigenvalue weighted by atomic mass is 10.1. The summed E-state index contributed by atoms with van der Waals surface area (Å²) in [6.45, 7) is 8.90. The third kappa shape index (κ3) is 3.61. The summed E-state index contributed by atoms with van der Waals surface area (Å²) in [4.78, 5) is 16.9. The van der Waals surface area contributed by atoms with Crippen LogP contribution >= 0.6 is 0 Å². The first-order chi connectivity index (χ1) is 11.2. The molecule has 5 heteroatoms. The van der Waals surface area contributed by atoms with E-state index in [0.717, 1.165) is 63.5 Å². The van der Waals surface area contributed by atoms with Crippen LogP contribution in [0.15, 0.2) is 18.2 Å². The van der Waals surface area contributed by atoms with Crippen LogP contribution in [0, 0.1) is 0 Å². The lowest BCUT2D eigenvalue weighted by molar-refractivity contribution is 0.202. The van der Waals surface area contributed by atoms with E-state index in [0.29, 0.717) is 6.04 Å². The van der Waals surface area contributed by atoms with Crippen molar-refractivity contribution in [1.29, 1.82) is 0 Å². The monoisotopic (exact) mass is 317 g/mol. The molecule has 1 aromatic rings. The Labute approximate surface area is 138 Å². The molecular weight excluding hydrogens is 290 g/mol. The zero-order valence-electron chi connectivity index (χ0n) is 14.2. The molecule has 2 amide bonds. The molecule has 2 heterocycles. The molecule has 5 nitrogen and oxygen atoms in total. The molecule has 2 aliphatic rings. The van der Waals surface area contributed by atoms with Crippen molar-refractivity contribution in [2.45, 2.75) is 39.2 Å². The minimum Gasteiger partial charge on any atom is -0.493 e. The van der Waals surface area contributed by atoms with Crippen LogP contribution in [0.4, 0.5) is 10.5 Å². The number of hydrogen-bond donors (Lipinski definition) is 1. The smallest absolute Gasteiger partial charge is 0.321 e. The average Bonchev–Trinajstić information content (AvgIpc) is 3.06. The standard InChI is InChI=1S/C18H27N3O2/c1-3-20(4-2)16-9-10-21(13-16)18(22)19-15-7-8-17-14(12-15)6-5-11-23-17/h7-8,12,16H,3-6,9-11,13H2,1-2H3,(H,19,22)/t16-/m0/s1. The van der Waals surface area contributed by atoms with Gasteiger partial charge in [-0.15, -0.1) is 0 Å². The number of nitrogens with one attached hydrogen (secondary N) is 1. The van der Waals surface area contributed by atoms with Crippen LogP contribution in [0.3, 0.4) is 0 Å². The lowest BCUT2D eigenvalue weighted by Crippen LogP contribution is -2.39. The SMILES string of the molecule is CCN(CC)[C@H]1CCN(C(=O)Nc2ccc3c(c2)CCCO3)C1. The molecular formula is C18H27N3O2. The van der Waals surface area contributed by atoms with Gasteiger partial charge in [0, 0.05) is 24.8 Å². The molecule has 0 aromatic heterocycles. The Kier molecular flexibility index (Phi) is 5.06. The van der Waals surface area contributed by atoms with Crippen LogP contribution in [-0.4, -0.2) is 54.7 Å². The first-order valence-electron chi connectivity index (χ1n) is 8.77. The first-order valence-corrected chi connectivity index (χ1v) is 8.77. The average molecular weight is 317 g/mol. The lowest BCUT2D eigenvalue weighted by Gasteiger charge is -2.26. The summed E-state index contributed by atoms with van der Waals surface area (Å²) >= 11 is 0. The third-order valence-electron chi connectivity index (χ3n) is 4.94. The van der Waals surface area contributed by atoms with E-state index < -0.39 is 0 Å². The van der Waals surface area contributed by atoms with Gasteiger partial charge in [-0.3, -0.25) is 4.90 Å². The van der Waals surface area contributed by atoms with Gasteiger partial charge in [-0.1, -0.05) is 13.8 Å². The summed E-state index contributed by atoms with van der Waals surface area (Å²) in [5.41, 5.74) is 2.06. The number of carbonyl (C=O) groups excluding carboxylic acids is 1.